The van der Waals surface area contributed by atoms with Crippen LogP contribution < -0.4 is 0 Å². The fraction of sp³-hybridized carbons (Fsp3) is 0.462. The molecule has 0 saturated carbocycles. The molecule has 0 aliphatic carbocycles. The van der Waals surface area contributed by atoms with E-state index in [9.17, 15) is 8.78 Å². The Hall–Kier alpha value is -1.25. The van der Waals surface area contributed by atoms with Gasteiger partial charge < -0.3 is 0 Å². The van der Waals surface area contributed by atoms with Crippen LogP contribution in [0.4, 0.5) is 8.78 Å². The van der Waals surface area contributed by atoms with Crippen molar-refractivity contribution >= 4 is 6.08 Å². The third kappa shape index (κ3) is 5.59. The van der Waals surface area contributed by atoms with E-state index < -0.39 is 11.8 Å². The quantitative estimate of drug-likeness (QED) is 0.633. The summed E-state index contributed by atoms with van der Waals surface area (Å²) in [5, 5.41) is 0. The van der Waals surface area contributed by atoms with Gasteiger partial charge in [0.1, 0.15) is 5.82 Å². The van der Waals surface area contributed by atoms with Crippen molar-refractivity contribution in [2.45, 2.75) is 41.5 Å². The number of hydrogen-bond acceptors (Lipinski definition) is 1. The second-order valence-corrected chi connectivity index (χ2v) is 2.44. The van der Waals surface area contributed by atoms with E-state index in [4.69, 9.17) is 0 Å². The van der Waals surface area contributed by atoms with E-state index in [-0.39, 0.29) is 5.56 Å². The molecule has 1 heterocycles. The summed E-state index contributed by atoms with van der Waals surface area (Å²) in [6.07, 6.45) is 3.22. The van der Waals surface area contributed by atoms with Crippen molar-refractivity contribution in [2.75, 3.05) is 0 Å². The Morgan fingerprint density at radius 3 is 2.00 bits per heavy atom. The van der Waals surface area contributed by atoms with Gasteiger partial charge in [-0.25, -0.2) is 9.37 Å². The molecule has 16 heavy (non-hydrogen) atoms. The summed E-state index contributed by atoms with van der Waals surface area (Å²) in [6.45, 7) is 11.1. The van der Waals surface area contributed by atoms with Crippen molar-refractivity contribution in [3.05, 3.63) is 35.2 Å². The van der Waals surface area contributed by atoms with Crippen LogP contribution >= 0.6 is 0 Å². The zero-order chi connectivity index (χ0) is 13.1. The van der Waals surface area contributed by atoms with Crippen molar-refractivity contribution in [3.8, 4) is 0 Å². The smallest absolute Gasteiger partial charge is 0.219 e. The fourth-order valence-corrected chi connectivity index (χ4v) is 0.822. The molecule has 0 aromatic carbocycles. The highest BCUT2D eigenvalue weighted by atomic mass is 19.1. The average Bonchev–Trinajstić information content (AvgIpc) is 2.31. The molecular formula is C13H21F2N. The second kappa shape index (κ2) is 10.3. The SMILES string of the molecule is C/C=C/c1cc(F)c(C)c(F)n1.CC.CC. The topological polar surface area (TPSA) is 12.9 Å². The molecule has 0 amide bonds. The van der Waals surface area contributed by atoms with Crippen LogP contribution in [0.25, 0.3) is 6.08 Å². The molecule has 1 nitrogen and oxygen atoms in total. The van der Waals surface area contributed by atoms with Gasteiger partial charge in [0.05, 0.1) is 5.69 Å². The molecule has 3 heteroatoms. The summed E-state index contributed by atoms with van der Waals surface area (Å²) in [5.74, 6) is -1.31. The van der Waals surface area contributed by atoms with E-state index in [0.717, 1.165) is 0 Å². The molecule has 0 fully saturated rings. The van der Waals surface area contributed by atoms with Gasteiger partial charge in [-0.2, -0.15) is 4.39 Å². The Morgan fingerprint density at radius 1 is 1.12 bits per heavy atom. The van der Waals surface area contributed by atoms with Gasteiger partial charge >= 0.3 is 0 Å². The first-order valence-corrected chi connectivity index (χ1v) is 5.60. The lowest BCUT2D eigenvalue weighted by Gasteiger charge is -1.98. The van der Waals surface area contributed by atoms with Gasteiger partial charge in [-0.1, -0.05) is 33.8 Å². The summed E-state index contributed by atoms with van der Waals surface area (Å²) >= 11 is 0. The lowest BCUT2D eigenvalue weighted by Crippen LogP contribution is -1.95. The Balaban J connectivity index is 0. The van der Waals surface area contributed by atoms with Gasteiger partial charge in [0.25, 0.3) is 0 Å². The first-order valence-electron chi connectivity index (χ1n) is 5.60. The largest absolute Gasteiger partial charge is 0.220 e. The molecule has 1 aromatic rings. The van der Waals surface area contributed by atoms with Crippen LogP contribution in [0.5, 0.6) is 0 Å². The molecule has 0 N–H and O–H groups in total. The van der Waals surface area contributed by atoms with Crippen LogP contribution in [0, 0.1) is 18.7 Å². The van der Waals surface area contributed by atoms with E-state index in [0.29, 0.717) is 5.69 Å². The van der Waals surface area contributed by atoms with Crippen LogP contribution in [0.3, 0.4) is 0 Å². The van der Waals surface area contributed by atoms with Gasteiger partial charge in [-0.15, -0.1) is 0 Å². The molecule has 0 radical (unpaired) electrons. The maximum Gasteiger partial charge on any atom is 0.219 e. The standard InChI is InChI=1S/C9H9F2N.2C2H6/c1-3-4-7-5-8(10)6(2)9(11)12-7;2*1-2/h3-5H,1-2H3;2*1-2H3/b4-3+;;. The highest BCUT2D eigenvalue weighted by molar-refractivity contribution is 5.44. The van der Waals surface area contributed by atoms with Crippen LogP contribution in [-0.2, 0) is 0 Å². The summed E-state index contributed by atoms with van der Waals surface area (Å²) in [5.41, 5.74) is 0.265. The van der Waals surface area contributed by atoms with Crippen molar-refractivity contribution in [2.24, 2.45) is 0 Å². The molecule has 0 unspecified atom stereocenters. The first-order chi connectivity index (χ1) is 7.65. The van der Waals surface area contributed by atoms with Gasteiger partial charge in [0.15, 0.2) is 0 Å². The molecule has 0 saturated heterocycles. The third-order valence-electron chi connectivity index (χ3n) is 1.51. The van der Waals surface area contributed by atoms with E-state index >= 15 is 0 Å². The number of nitrogens with zero attached hydrogens (tertiary/aromatic N) is 1. The van der Waals surface area contributed by atoms with E-state index in [1.54, 1.807) is 19.1 Å². The van der Waals surface area contributed by atoms with Gasteiger partial charge in [0, 0.05) is 11.6 Å². The lowest BCUT2D eigenvalue weighted by molar-refractivity contribution is 0.536. The number of aromatic nitrogens is 1. The Labute approximate surface area is 97.2 Å². The highest BCUT2D eigenvalue weighted by Gasteiger charge is 2.05. The highest BCUT2D eigenvalue weighted by Crippen LogP contribution is 2.11. The predicted molar refractivity (Wildman–Crippen MR) is 66.3 cm³/mol. The number of allylic oxidation sites excluding steroid dienone is 1. The number of rotatable bonds is 1. The fourth-order valence-electron chi connectivity index (χ4n) is 0.822. The maximum atomic E-state index is 12.8. The zero-order valence-electron chi connectivity index (χ0n) is 10.9. The Morgan fingerprint density at radius 2 is 1.62 bits per heavy atom. The molecule has 0 aliphatic rings. The normalized spacial score (nSPS) is 9.00. The van der Waals surface area contributed by atoms with Crippen molar-refractivity contribution in [3.63, 3.8) is 0 Å². The van der Waals surface area contributed by atoms with E-state index in [1.807, 2.05) is 27.7 Å². The second-order valence-electron chi connectivity index (χ2n) is 2.44. The van der Waals surface area contributed by atoms with Gasteiger partial charge in [0.2, 0.25) is 5.95 Å². The summed E-state index contributed by atoms with van der Waals surface area (Å²) in [6, 6.07) is 1.21. The van der Waals surface area contributed by atoms with Crippen molar-refractivity contribution < 1.29 is 8.78 Å². The van der Waals surface area contributed by atoms with Crippen molar-refractivity contribution in [1.29, 1.82) is 0 Å². The molecule has 92 valence electrons. The van der Waals surface area contributed by atoms with Crippen molar-refractivity contribution in [1.82, 2.24) is 4.98 Å². The Kier molecular flexibility index (Phi) is 11.0. The monoisotopic (exact) mass is 229 g/mol. The summed E-state index contributed by atoms with van der Waals surface area (Å²) < 4.78 is 25.6. The summed E-state index contributed by atoms with van der Waals surface area (Å²) in [7, 11) is 0. The van der Waals surface area contributed by atoms with Crippen LogP contribution in [0.2, 0.25) is 0 Å². The van der Waals surface area contributed by atoms with Crippen LogP contribution in [-0.4, -0.2) is 4.98 Å². The van der Waals surface area contributed by atoms with Crippen LogP contribution in [0.15, 0.2) is 12.1 Å². The van der Waals surface area contributed by atoms with Gasteiger partial charge in [-0.05, 0) is 19.9 Å². The minimum absolute atomic E-state index is 0.0387. The minimum Gasteiger partial charge on any atom is -0.220 e. The Bertz CT molecular complexity index is 297. The average molecular weight is 229 g/mol. The predicted octanol–water partition coefficient (Wildman–Crippen LogP) is 4.75. The molecule has 1 aromatic heterocycles. The summed E-state index contributed by atoms with van der Waals surface area (Å²) in [4.78, 5) is 3.53. The van der Waals surface area contributed by atoms with Gasteiger partial charge in [-0.3, -0.25) is 0 Å². The lowest BCUT2D eigenvalue weighted by atomic mass is 10.2. The molecule has 1 rings (SSSR count). The maximum absolute atomic E-state index is 12.8. The molecule has 0 atom stereocenters. The molecule has 0 spiro atoms. The van der Waals surface area contributed by atoms with E-state index in [2.05, 4.69) is 4.98 Å². The first kappa shape index (κ1) is 17.2. The molecular weight excluding hydrogens is 208 g/mol. The number of hydrogen-bond donors (Lipinski definition) is 0. The number of halogens is 2. The zero-order valence-corrected chi connectivity index (χ0v) is 10.9. The van der Waals surface area contributed by atoms with Crippen LogP contribution in [0.1, 0.15) is 45.9 Å². The third-order valence-corrected chi connectivity index (χ3v) is 1.51. The molecule has 0 aliphatic heterocycles. The minimum atomic E-state index is -0.747. The van der Waals surface area contributed by atoms with E-state index in [1.165, 1.54) is 13.0 Å². The number of pyridine rings is 1. The molecule has 0 bridgehead atoms.